The Morgan fingerprint density at radius 1 is 1.33 bits per heavy atom. The Bertz CT molecular complexity index is 419. The number of amides is 1. The van der Waals surface area contributed by atoms with Crippen molar-refractivity contribution in [3.8, 4) is 11.5 Å². The molecular formula is C13H20N2O3. The van der Waals surface area contributed by atoms with Gasteiger partial charge in [-0.3, -0.25) is 4.79 Å². The van der Waals surface area contributed by atoms with Crippen molar-refractivity contribution in [3.05, 3.63) is 18.2 Å². The van der Waals surface area contributed by atoms with Gasteiger partial charge < -0.3 is 20.5 Å². The third kappa shape index (κ3) is 3.84. The number of hydrogen-bond acceptors (Lipinski definition) is 4. The van der Waals surface area contributed by atoms with E-state index in [0.29, 0.717) is 17.2 Å². The largest absolute Gasteiger partial charge is 0.495 e. The van der Waals surface area contributed by atoms with Crippen molar-refractivity contribution in [2.45, 2.75) is 32.9 Å². The zero-order valence-electron chi connectivity index (χ0n) is 11.2. The monoisotopic (exact) mass is 252 g/mol. The maximum Gasteiger partial charge on any atom is 0.260 e. The Labute approximate surface area is 107 Å². The van der Waals surface area contributed by atoms with E-state index < -0.39 is 6.10 Å². The molecule has 1 amide bonds. The van der Waals surface area contributed by atoms with Crippen LogP contribution in [0.1, 0.15) is 20.8 Å². The third-order valence-electron chi connectivity index (χ3n) is 2.31. The van der Waals surface area contributed by atoms with Gasteiger partial charge in [-0.1, -0.05) is 0 Å². The van der Waals surface area contributed by atoms with Gasteiger partial charge in [-0.15, -0.1) is 0 Å². The van der Waals surface area contributed by atoms with E-state index in [0.717, 1.165) is 0 Å². The fraction of sp³-hybridized carbons (Fsp3) is 0.462. The predicted molar refractivity (Wildman–Crippen MR) is 70.8 cm³/mol. The zero-order valence-corrected chi connectivity index (χ0v) is 11.2. The highest BCUT2D eigenvalue weighted by Crippen LogP contribution is 2.26. The van der Waals surface area contributed by atoms with Crippen LogP contribution in [0.5, 0.6) is 11.5 Å². The van der Waals surface area contributed by atoms with Crippen LogP contribution in [-0.4, -0.2) is 25.2 Å². The highest BCUT2D eigenvalue weighted by molar-refractivity contribution is 5.81. The predicted octanol–water partition coefficient (Wildman–Crippen LogP) is 1.57. The molecule has 0 aromatic heterocycles. The van der Waals surface area contributed by atoms with Crippen molar-refractivity contribution in [2.75, 3.05) is 12.8 Å². The number of nitrogens with two attached hydrogens (primary N) is 1. The molecule has 0 radical (unpaired) electrons. The van der Waals surface area contributed by atoms with E-state index in [4.69, 9.17) is 15.2 Å². The van der Waals surface area contributed by atoms with Crippen LogP contribution in [0.3, 0.4) is 0 Å². The number of hydrogen-bond donors (Lipinski definition) is 2. The number of nitrogen functional groups attached to an aromatic ring is 1. The standard InChI is InChI=1S/C13H20N2O3/c1-8(2)15-13(16)9(3)18-10-5-6-12(17-4)11(14)7-10/h5-9H,14H2,1-4H3,(H,15,16). The molecule has 0 heterocycles. The summed E-state index contributed by atoms with van der Waals surface area (Å²) < 4.78 is 10.6. The second-order valence-electron chi connectivity index (χ2n) is 4.33. The number of carbonyl (C=O) groups excluding carboxylic acids is 1. The molecule has 5 nitrogen and oxygen atoms in total. The van der Waals surface area contributed by atoms with E-state index in [1.54, 1.807) is 32.2 Å². The van der Waals surface area contributed by atoms with Gasteiger partial charge in [-0.05, 0) is 32.9 Å². The number of nitrogens with one attached hydrogen (secondary N) is 1. The summed E-state index contributed by atoms with van der Waals surface area (Å²) in [6.45, 7) is 5.49. The Balaban J connectivity index is 2.67. The van der Waals surface area contributed by atoms with Crippen molar-refractivity contribution in [3.63, 3.8) is 0 Å². The fourth-order valence-corrected chi connectivity index (χ4v) is 1.45. The first kappa shape index (κ1) is 14.2. The van der Waals surface area contributed by atoms with Crippen molar-refractivity contribution in [2.24, 2.45) is 0 Å². The molecule has 5 heteroatoms. The summed E-state index contributed by atoms with van der Waals surface area (Å²) in [6, 6.07) is 5.15. The Morgan fingerprint density at radius 3 is 2.50 bits per heavy atom. The lowest BCUT2D eigenvalue weighted by Gasteiger charge is -2.17. The summed E-state index contributed by atoms with van der Waals surface area (Å²) in [6.07, 6.45) is -0.569. The Kier molecular flexibility index (Phi) is 4.83. The highest BCUT2D eigenvalue weighted by atomic mass is 16.5. The van der Waals surface area contributed by atoms with Gasteiger partial charge >= 0.3 is 0 Å². The number of anilines is 1. The van der Waals surface area contributed by atoms with Crippen LogP contribution in [-0.2, 0) is 4.79 Å². The molecule has 0 fully saturated rings. The molecule has 0 aliphatic carbocycles. The summed E-state index contributed by atoms with van der Waals surface area (Å²) in [5.74, 6) is 0.973. The van der Waals surface area contributed by atoms with Crippen LogP contribution in [0.15, 0.2) is 18.2 Å². The lowest BCUT2D eigenvalue weighted by molar-refractivity contribution is -0.127. The van der Waals surface area contributed by atoms with Gasteiger partial charge in [0.2, 0.25) is 0 Å². The van der Waals surface area contributed by atoms with Gasteiger partial charge in [0, 0.05) is 12.1 Å². The van der Waals surface area contributed by atoms with E-state index in [-0.39, 0.29) is 11.9 Å². The molecule has 0 saturated heterocycles. The molecule has 1 aromatic carbocycles. The first-order chi connectivity index (χ1) is 8.43. The van der Waals surface area contributed by atoms with Gasteiger partial charge in [-0.25, -0.2) is 0 Å². The Hall–Kier alpha value is -1.91. The minimum Gasteiger partial charge on any atom is -0.495 e. The lowest BCUT2D eigenvalue weighted by Crippen LogP contribution is -2.40. The quantitative estimate of drug-likeness (QED) is 0.780. The number of rotatable bonds is 5. The maximum absolute atomic E-state index is 11.7. The molecule has 1 aromatic rings. The molecule has 1 atom stereocenters. The van der Waals surface area contributed by atoms with Crippen LogP contribution in [0.2, 0.25) is 0 Å². The topological polar surface area (TPSA) is 73.6 Å². The van der Waals surface area contributed by atoms with E-state index in [1.165, 1.54) is 0 Å². The highest BCUT2D eigenvalue weighted by Gasteiger charge is 2.15. The van der Waals surface area contributed by atoms with E-state index in [1.807, 2.05) is 13.8 Å². The summed E-state index contributed by atoms with van der Waals surface area (Å²) >= 11 is 0. The molecule has 0 aliphatic heterocycles. The average molecular weight is 252 g/mol. The molecule has 100 valence electrons. The minimum atomic E-state index is -0.569. The molecular weight excluding hydrogens is 232 g/mol. The lowest BCUT2D eigenvalue weighted by atomic mass is 10.2. The minimum absolute atomic E-state index is 0.0875. The molecule has 18 heavy (non-hydrogen) atoms. The van der Waals surface area contributed by atoms with E-state index >= 15 is 0 Å². The summed E-state index contributed by atoms with van der Waals surface area (Å²) in [5, 5.41) is 2.78. The second kappa shape index (κ2) is 6.14. The first-order valence-corrected chi connectivity index (χ1v) is 5.84. The van der Waals surface area contributed by atoms with Crippen molar-refractivity contribution >= 4 is 11.6 Å². The first-order valence-electron chi connectivity index (χ1n) is 5.84. The number of benzene rings is 1. The SMILES string of the molecule is COc1ccc(OC(C)C(=O)NC(C)C)cc1N. The van der Waals surface area contributed by atoms with Gasteiger partial charge in [0.15, 0.2) is 6.10 Å². The van der Waals surface area contributed by atoms with Crippen molar-refractivity contribution < 1.29 is 14.3 Å². The van der Waals surface area contributed by atoms with Crippen LogP contribution in [0.25, 0.3) is 0 Å². The summed E-state index contributed by atoms with van der Waals surface area (Å²) in [4.78, 5) is 11.7. The van der Waals surface area contributed by atoms with Crippen molar-refractivity contribution in [1.82, 2.24) is 5.32 Å². The van der Waals surface area contributed by atoms with E-state index in [9.17, 15) is 4.79 Å². The molecule has 0 bridgehead atoms. The average Bonchev–Trinajstić information content (AvgIpc) is 2.28. The number of carbonyl (C=O) groups is 1. The van der Waals surface area contributed by atoms with Gasteiger partial charge in [0.25, 0.3) is 5.91 Å². The zero-order chi connectivity index (χ0) is 13.7. The molecule has 0 aliphatic rings. The van der Waals surface area contributed by atoms with Crippen LogP contribution in [0, 0.1) is 0 Å². The molecule has 0 spiro atoms. The third-order valence-corrected chi connectivity index (χ3v) is 2.31. The number of methoxy groups -OCH3 is 1. The van der Waals surface area contributed by atoms with Crippen LogP contribution in [0.4, 0.5) is 5.69 Å². The second-order valence-corrected chi connectivity index (χ2v) is 4.33. The number of ether oxygens (including phenoxy) is 2. The molecule has 1 rings (SSSR count). The molecule has 0 saturated carbocycles. The van der Waals surface area contributed by atoms with Crippen LogP contribution >= 0.6 is 0 Å². The van der Waals surface area contributed by atoms with E-state index in [2.05, 4.69) is 5.32 Å². The smallest absolute Gasteiger partial charge is 0.260 e. The van der Waals surface area contributed by atoms with Gasteiger partial charge in [0.1, 0.15) is 11.5 Å². The maximum atomic E-state index is 11.7. The normalized spacial score (nSPS) is 12.1. The summed E-state index contributed by atoms with van der Waals surface area (Å²) in [5.41, 5.74) is 6.24. The van der Waals surface area contributed by atoms with Gasteiger partial charge in [0.05, 0.1) is 12.8 Å². The molecule has 1 unspecified atom stereocenters. The van der Waals surface area contributed by atoms with Gasteiger partial charge in [-0.2, -0.15) is 0 Å². The fourth-order valence-electron chi connectivity index (χ4n) is 1.45. The van der Waals surface area contributed by atoms with Crippen molar-refractivity contribution in [1.29, 1.82) is 0 Å². The molecule has 3 N–H and O–H groups in total. The summed E-state index contributed by atoms with van der Waals surface area (Å²) in [7, 11) is 1.55. The Morgan fingerprint density at radius 2 is 2.00 bits per heavy atom. The van der Waals surface area contributed by atoms with Crippen LogP contribution < -0.4 is 20.5 Å².